The Morgan fingerprint density at radius 1 is 0.761 bits per heavy atom. The van der Waals surface area contributed by atoms with Crippen LogP contribution in [-0.4, -0.2) is 135 Å². The summed E-state index contributed by atoms with van der Waals surface area (Å²) in [5.41, 5.74) is 0.924. The molecule has 3 aliphatic rings. The summed E-state index contributed by atoms with van der Waals surface area (Å²) < 4.78 is 19.9. The normalized spacial score (nSPS) is 19.6. The molecule has 1 unspecified atom stereocenters. The molecule has 0 aromatic heterocycles. The minimum Gasteiger partial charge on any atom is -0.464 e. The van der Waals surface area contributed by atoms with Crippen molar-refractivity contribution < 1.29 is 38.1 Å². The molecule has 0 saturated carbocycles. The molecular weight excluding hydrogens is 594 g/mol. The van der Waals surface area contributed by atoms with Gasteiger partial charge in [0.15, 0.2) is 0 Å². The Morgan fingerprint density at radius 2 is 1.41 bits per heavy atom. The number of alkyl carbamates (subject to hydrolysis) is 1. The van der Waals surface area contributed by atoms with E-state index in [2.05, 4.69) is 29.1 Å². The van der Waals surface area contributed by atoms with Gasteiger partial charge in [0.25, 0.3) is 0 Å². The number of nitrogens with one attached hydrogen (secondary N) is 1. The van der Waals surface area contributed by atoms with E-state index in [-0.39, 0.29) is 24.8 Å². The zero-order chi connectivity index (χ0) is 33.7. The van der Waals surface area contributed by atoms with Crippen molar-refractivity contribution in [2.45, 2.75) is 72.1 Å². The number of rotatable bonds is 9. The monoisotopic (exact) mass is 649 g/mol. The van der Waals surface area contributed by atoms with E-state index in [4.69, 9.17) is 18.9 Å². The lowest BCUT2D eigenvalue weighted by atomic mass is 10.2. The molecule has 3 amide bonds. The predicted octanol–water partition coefficient (Wildman–Crippen LogP) is 3.96. The number of likely N-dealkylation sites (tertiary alicyclic amines) is 2. The van der Waals surface area contributed by atoms with E-state index in [0.29, 0.717) is 45.4 Å². The molecule has 13 nitrogen and oxygen atoms in total. The first-order valence-corrected chi connectivity index (χ1v) is 16.6. The van der Waals surface area contributed by atoms with Crippen LogP contribution in [0.5, 0.6) is 0 Å². The lowest BCUT2D eigenvalue weighted by Crippen LogP contribution is -2.47. The number of carbonyl (C=O) groups is 4. The molecule has 1 N–H and O–H groups in total. The average Bonchev–Trinajstić information content (AvgIpc) is 3.75. The first kappa shape index (κ1) is 38.6. The number of likely N-dealkylation sites (N-methyl/N-ethyl adjacent to an activating group) is 2. The maximum Gasteiger partial charge on any atom is 0.410 e. The average molecular weight is 650 g/mol. The molecule has 0 bridgehead atoms. The van der Waals surface area contributed by atoms with Crippen LogP contribution in [0.25, 0.3) is 0 Å². The topological polar surface area (TPSA) is 130 Å². The highest BCUT2D eigenvalue weighted by molar-refractivity contribution is 5.82. The van der Waals surface area contributed by atoms with Gasteiger partial charge in [-0.25, -0.2) is 19.2 Å². The molecule has 0 radical (unpaired) electrons. The highest BCUT2D eigenvalue weighted by Gasteiger charge is 2.36. The van der Waals surface area contributed by atoms with Gasteiger partial charge in [-0.1, -0.05) is 37.3 Å². The summed E-state index contributed by atoms with van der Waals surface area (Å²) >= 11 is 0. The Morgan fingerprint density at radius 3 is 2.04 bits per heavy atom. The summed E-state index contributed by atoms with van der Waals surface area (Å²) in [4.78, 5) is 53.8. The van der Waals surface area contributed by atoms with Crippen molar-refractivity contribution >= 4 is 24.2 Å². The number of hydrogen-bond donors (Lipinski definition) is 1. The van der Waals surface area contributed by atoms with E-state index in [1.54, 1.807) is 11.8 Å². The van der Waals surface area contributed by atoms with Crippen LogP contribution in [0.4, 0.5) is 14.4 Å². The van der Waals surface area contributed by atoms with Crippen molar-refractivity contribution in [3.8, 4) is 0 Å². The molecular formula is C33H55N5O8. The third kappa shape index (κ3) is 13.8. The van der Waals surface area contributed by atoms with E-state index in [1.165, 1.54) is 17.7 Å². The van der Waals surface area contributed by atoms with E-state index < -0.39 is 12.1 Å². The molecule has 0 aliphatic carbocycles. The number of piperazine rings is 1. The van der Waals surface area contributed by atoms with Crippen LogP contribution in [0, 0.1) is 0 Å². The Balaban J connectivity index is 0.000000250. The fourth-order valence-electron chi connectivity index (χ4n) is 5.40. The van der Waals surface area contributed by atoms with E-state index >= 15 is 0 Å². The van der Waals surface area contributed by atoms with Crippen LogP contribution < -0.4 is 5.32 Å². The molecule has 46 heavy (non-hydrogen) atoms. The standard InChI is InChI=1S/C15H19NO4.C10H20N2O2.C8H16N2O2/c1-2-19-14(17)13-9-6-10-16(13)15(18)20-11-12-7-4-3-5-8-12;1-3-12-7-5-6-9(12)8-11-10(13)14-4-2;1-3-12-8(11)10-6-4-9(2)5-7-10/h3-5,7-8,13H,2,6,9-11H2,1H3;9H,3-8H2,1-2H3,(H,11,13);3-7H2,1-2H3/t13-;;/m0../s1. The van der Waals surface area contributed by atoms with Crippen LogP contribution in [0.15, 0.2) is 30.3 Å². The number of esters is 1. The van der Waals surface area contributed by atoms with Gasteiger partial charge in [0.1, 0.15) is 12.6 Å². The molecule has 2 atom stereocenters. The van der Waals surface area contributed by atoms with Gasteiger partial charge in [-0.2, -0.15) is 0 Å². The fraction of sp³-hybridized carbons (Fsp3) is 0.697. The summed E-state index contributed by atoms with van der Waals surface area (Å²) in [5.74, 6) is -0.346. The smallest absolute Gasteiger partial charge is 0.410 e. The first-order chi connectivity index (χ1) is 22.2. The minimum atomic E-state index is -0.502. The third-order valence-corrected chi connectivity index (χ3v) is 7.94. The van der Waals surface area contributed by atoms with Crippen molar-refractivity contribution in [3.05, 3.63) is 35.9 Å². The molecule has 1 aromatic rings. The number of hydrogen-bond acceptors (Lipinski definition) is 10. The molecule has 3 saturated heterocycles. The SMILES string of the molecule is CCOC(=O)N1CCN(C)CC1.CCOC(=O)NCC1CCCN1CC.CCOC(=O)[C@@H]1CCCN1C(=O)OCc1ccccc1. The van der Waals surface area contributed by atoms with Gasteiger partial charge >= 0.3 is 24.2 Å². The number of nitrogens with zero attached hydrogens (tertiary/aromatic N) is 4. The summed E-state index contributed by atoms with van der Waals surface area (Å²) in [5, 5.41) is 2.79. The summed E-state index contributed by atoms with van der Waals surface area (Å²) in [6.45, 7) is 15.9. The lowest BCUT2D eigenvalue weighted by molar-refractivity contribution is -0.147. The van der Waals surface area contributed by atoms with Crippen LogP contribution in [-0.2, 0) is 30.3 Å². The second-order valence-electron chi connectivity index (χ2n) is 11.2. The predicted molar refractivity (Wildman–Crippen MR) is 174 cm³/mol. The number of benzene rings is 1. The van der Waals surface area contributed by atoms with Crippen molar-refractivity contribution in [1.29, 1.82) is 0 Å². The molecule has 3 fully saturated rings. The summed E-state index contributed by atoms with van der Waals surface area (Å²) in [7, 11) is 2.06. The minimum absolute atomic E-state index is 0.175. The zero-order valence-electron chi connectivity index (χ0n) is 28.4. The Labute approximate surface area is 274 Å². The van der Waals surface area contributed by atoms with Gasteiger partial charge in [-0.3, -0.25) is 9.80 Å². The molecule has 260 valence electrons. The molecule has 4 rings (SSSR count). The maximum absolute atomic E-state index is 12.0. The van der Waals surface area contributed by atoms with Gasteiger partial charge in [0, 0.05) is 45.3 Å². The number of ether oxygens (including phenoxy) is 4. The van der Waals surface area contributed by atoms with Crippen LogP contribution in [0.3, 0.4) is 0 Å². The Bertz CT molecular complexity index is 1040. The Hall–Kier alpha value is -3.58. The van der Waals surface area contributed by atoms with Crippen LogP contribution in [0.1, 0.15) is 58.9 Å². The van der Waals surface area contributed by atoms with Crippen LogP contribution >= 0.6 is 0 Å². The lowest BCUT2D eigenvalue weighted by Gasteiger charge is -2.31. The first-order valence-electron chi connectivity index (χ1n) is 16.6. The molecule has 0 spiro atoms. The fourth-order valence-corrected chi connectivity index (χ4v) is 5.40. The van der Waals surface area contributed by atoms with Gasteiger partial charge in [0.2, 0.25) is 0 Å². The van der Waals surface area contributed by atoms with E-state index in [0.717, 1.165) is 51.3 Å². The Kier molecular flexibility index (Phi) is 18.5. The van der Waals surface area contributed by atoms with Gasteiger partial charge in [0.05, 0.1) is 19.8 Å². The van der Waals surface area contributed by atoms with Crippen molar-refractivity contribution in [2.24, 2.45) is 0 Å². The highest BCUT2D eigenvalue weighted by atomic mass is 16.6. The third-order valence-electron chi connectivity index (χ3n) is 7.94. The largest absolute Gasteiger partial charge is 0.464 e. The zero-order valence-corrected chi connectivity index (χ0v) is 28.4. The van der Waals surface area contributed by atoms with Gasteiger partial charge in [-0.15, -0.1) is 0 Å². The maximum atomic E-state index is 12.0. The van der Waals surface area contributed by atoms with Crippen molar-refractivity contribution in [1.82, 2.24) is 24.9 Å². The number of amides is 3. The molecule has 3 aliphatic heterocycles. The summed E-state index contributed by atoms with van der Waals surface area (Å²) in [6.07, 6.45) is 2.93. The number of carbonyl (C=O) groups excluding carboxylic acids is 4. The molecule has 1 aromatic carbocycles. The van der Waals surface area contributed by atoms with E-state index in [9.17, 15) is 19.2 Å². The van der Waals surface area contributed by atoms with Crippen molar-refractivity contribution in [2.75, 3.05) is 79.2 Å². The van der Waals surface area contributed by atoms with E-state index in [1.807, 2.05) is 44.2 Å². The highest BCUT2D eigenvalue weighted by Crippen LogP contribution is 2.20. The second-order valence-corrected chi connectivity index (χ2v) is 11.2. The molecule has 3 heterocycles. The van der Waals surface area contributed by atoms with Gasteiger partial charge in [-0.05, 0) is 72.2 Å². The van der Waals surface area contributed by atoms with Gasteiger partial charge < -0.3 is 34.1 Å². The summed E-state index contributed by atoms with van der Waals surface area (Å²) in [6, 6.07) is 9.46. The molecule has 13 heteroatoms. The second kappa shape index (κ2) is 22.0. The quantitative estimate of drug-likeness (QED) is 0.310. The van der Waals surface area contributed by atoms with Crippen LogP contribution in [0.2, 0.25) is 0 Å². The van der Waals surface area contributed by atoms with Crippen molar-refractivity contribution in [3.63, 3.8) is 0 Å².